The molecular formula is C23H28ClNO2. The van der Waals surface area contributed by atoms with E-state index < -0.39 is 5.41 Å². The number of aryl methyl sites for hydroxylation is 1. The number of halogens is 1. The van der Waals surface area contributed by atoms with Gasteiger partial charge in [0, 0.05) is 10.7 Å². The van der Waals surface area contributed by atoms with Gasteiger partial charge in [-0.15, -0.1) is 0 Å². The lowest BCUT2D eigenvalue weighted by Crippen LogP contribution is -2.38. The van der Waals surface area contributed by atoms with E-state index in [1.165, 1.54) is 0 Å². The SMILES string of the molecule is CC[C@@H](C)Oc1ccc(NC(=O)C2(c3ccc(Cl)cc3)CCCC2)cc1C. The van der Waals surface area contributed by atoms with E-state index in [4.69, 9.17) is 16.3 Å². The van der Waals surface area contributed by atoms with Crippen molar-refractivity contribution in [2.45, 2.75) is 64.4 Å². The maximum absolute atomic E-state index is 13.3. The smallest absolute Gasteiger partial charge is 0.235 e. The topological polar surface area (TPSA) is 38.3 Å². The van der Waals surface area contributed by atoms with Crippen molar-refractivity contribution in [3.63, 3.8) is 0 Å². The number of benzene rings is 2. The highest BCUT2D eigenvalue weighted by Gasteiger charge is 2.42. The van der Waals surface area contributed by atoms with Crippen molar-refractivity contribution < 1.29 is 9.53 Å². The summed E-state index contributed by atoms with van der Waals surface area (Å²) in [5.74, 6) is 0.938. The van der Waals surface area contributed by atoms with E-state index in [1.807, 2.05) is 49.4 Å². The molecule has 1 aliphatic carbocycles. The number of amides is 1. The molecule has 0 radical (unpaired) electrons. The Morgan fingerprint density at radius 3 is 2.44 bits per heavy atom. The molecule has 3 nitrogen and oxygen atoms in total. The first kappa shape index (κ1) is 19.8. The zero-order valence-electron chi connectivity index (χ0n) is 16.3. The van der Waals surface area contributed by atoms with Crippen LogP contribution in [0.5, 0.6) is 5.75 Å². The van der Waals surface area contributed by atoms with Crippen molar-refractivity contribution in [3.05, 3.63) is 58.6 Å². The second-order valence-corrected chi connectivity index (χ2v) is 8.00. The van der Waals surface area contributed by atoms with E-state index in [1.54, 1.807) is 0 Å². The number of rotatable bonds is 6. The van der Waals surface area contributed by atoms with Gasteiger partial charge in [-0.25, -0.2) is 0 Å². The summed E-state index contributed by atoms with van der Waals surface area (Å²) in [5.41, 5.74) is 2.43. The van der Waals surface area contributed by atoms with Crippen LogP contribution in [0, 0.1) is 6.92 Å². The summed E-state index contributed by atoms with van der Waals surface area (Å²) in [7, 11) is 0. The summed E-state index contributed by atoms with van der Waals surface area (Å²) in [6.07, 6.45) is 5.01. The van der Waals surface area contributed by atoms with E-state index in [-0.39, 0.29) is 12.0 Å². The molecule has 1 fully saturated rings. The van der Waals surface area contributed by atoms with Crippen molar-refractivity contribution in [3.8, 4) is 5.75 Å². The van der Waals surface area contributed by atoms with Gasteiger partial charge in [-0.2, -0.15) is 0 Å². The van der Waals surface area contributed by atoms with Gasteiger partial charge in [0.1, 0.15) is 5.75 Å². The molecule has 1 atom stereocenters. The van der Waals surface area contributed by atoms with Crippen LogP contribution in [-0.2, 0) is 10.2 Å². The Bertz CT molecular complexity index is 795. The van der Waals surface area contributed by atoms with Gasteiger partial charge in [-0.05, 0) is 74.6 Å². The zero-order chi connectivity index (χ0) is 19.4. The monoisotopic (exact) mass is 385 g/mol. The second kappa shape index (κ2) is 8.35. The van der Waals surface area contributed by atoms with Crippen molar-refractivity contribution in [1.29, 1.82) is 0 Å². The van der Waals surface area contributed by atoms with Crippen molar-refractivity contribution >= 4 is 23.2 Å². The minimum absolute atomic E-state index is 0.0670. The Kier molecular flexibility index (Phi) is 6.11. The fourth-order valence-corrected chi connectivity index (χ4v) is 3.93. The maximum atomic E-state index is 13.3. The average molecular weight is 386 g/mol. The first-order valence-corrected chi connectivity index (χ1v) is 10.2. The summed E-state index contributed by atoms with van der Waals surface area (Å²) in [6, 6.07) is 13.6. The van der Waals surface area contributed by atoms with Gasteiger partial charge < -0.3 is 10.1 Å². The summed E-state index contributed by atoms with van der Waals surface area (Å²) in [5, 5.41) is 3.84. The minimum atomic E-state index is -0.468. The van der Waals surface area contributed by atoms with Crippen molar-refractivity contribution in [1.82, 2.24) is 0 Å². The highest BCUT2D eigenvalue weighted by molar-refractivity contribution is 6.30. The van der Waals surface area contributed by atoms with Gasteiger partial charge in [0.15, 0.2) is 0 Å². The minimum Gasteiger partial charge on any atom is -0.490 e. The Morgan fingerprint density at radius 1 is 1.19 bits per heavy atom. The third-order valence-corrected chi connectivity index (χ3v) is 5.88. The molecule has 0 spiro atoms. The third-order valence-electron chi connectivity index (χ3n) is 5.62. The molecular weight excluding hydrogens is 358 g/mol. The Labute approximate surface area is 167 Å². The molecule has 1 N–H and O–H groups in total. The first-order valence-electron chi connectivity index (χ1n) is 9.79. The molecule has 2 aromatic rings. The second-order valence-electron chi connectivity index (χ2n) is 7.57. The predicted octanol–water partition coefficient (Wildman–Crippen LogP) is 6.28. The van der Waals surface area contributed by atoms with Crippen LogP contribution < -0.4 is 10.1 Å². The van der Waals surface area contributed by atoms with Crippen LogP contribution in [0.25, 0.3) is 0 Å². The molecule has 4 heteroatoms. The van der Waals surface area contributed by atoms with E-state index >= 15 is 0 Å². The number of hydrogen-bond acceptors (Lipinski definition) is 2. The standard InChI is InChI=1S/C23H28ClNO2/c1-4-17(3)27-21-12-11-20(15-16(21)2)25-22(26)23(13-5-6-14-23)18-7-9-19(24)10-8-18/h7-12,15,17H,4-6,13-14H2,1-3H3,(H,25,26)/t17-/m1/s1. The van der Waals surface area contributed by atoms with Gasteiger partial charge in [-0.1, -0.05) is 43.5 Å². The van der Waals surface area contributed by atoms with Crippen LogP contribution in [0.3, 0.4) is 0 Å². The van der Waals surface area contributed by atoms with Crippen LogP contribution in [0.1, 0.15) is 57.1 Å². The fourth-order valence-electron chi connectivity index (χ4n) is 3.80. The molecule has 0 bridgehead atoms. The molecule has 1 aliphatic rings. The fraction of sp³-hybridized carbons (Fsp3) is 0.435. The van der Waals surface area contributed by atoms with Crippen LogP contribution in [0.15, 0.2) is 42.5 Å². The molecule has 0 aromatic heterocycles. The third kappa shape index (κ3) is 4.30. The lowest BCUT2D eigenvalue weighted by atomic mass is 9.78. The zero-order valence-corrected chi connectivity index (χ0v) is 17.1. The van der Waals surface area contributed by atoms with E-state index in [2.05, 4.69) is 19.2 Å². The van der Waals surface area contributed by atoms with Crippen LogP contribution >= 0.6 is 11.6 Å². The number of ether oxygens (including phenoxy) is 1. The van der Waals surface area contributed by atoms with Gasteiger partial charge in [-0.3, -0.25) is 4.79 Å². The molecule has 144 valence electrons. The molecule has 0 heterocycles. The van der Waals surface area contributed by atoms with Gasteiger partial charge >= 0.3 is 0 Å². The lowest BCUT2D eigenvalue weighted by molar-refractivity contribution is -0.121. The van der Waals surface area contributed by atoms with Crippen molar-refractivity contribution in [2.24, 2.45) is 0 Å². The predicted molar refractivity (Wildman–Crippen MR) is 112 cm³/mol. The number of anilines is 1. The van der Waals surface area contributed by atoms with Gasteiger partial charge in [0.05, 0.1) is 11.5 Å². The molecule has 1 amide bonds. The van der Waals surface area contributed by atoms with Gasteiger partial charge in [0.25, 0.3) is 0 Å². The highest BCUT2D eigenvalue weighted by Crippen LogP contribution is 2.42. The van der Waals surface area contributed by atoms with Crippen LogP contribution in [0.4, 0.5) is 5.69 Å². The molecule has 0 aliphatic heterocycles. The molecule has 2 aromatic carbocycles. The van der Waals surface area contributed by atoms with Crippen LogP contribution in [0.2, 0.25) is 5.02 Å². The number of carbonyl (C=O) groups excluding carboxylic acids is 1. The Balaban J connectivity index is 1.80. The van der Waals surface area contributed by atoms with Crippen molar-refractivity contribution in [2.75, 3.05) is 5.32 Å². The Morgan fingerprint density at radius 2 is 1.85 bits per heavy atom. The Hall–Kier alpha value is -2.00. The molecule has 0 unspecified atom stereocenters. The average Bonchev–Trinajstić information content (AvgIpc) is 3.15. The quantitative estimate of drug-likeness (QED) is 0.635. The molecule has 0 saturated heterocycles. The number of hydrogen-bond donors (Lipinski definition) is 1. The van der Waals surface area contributed by atoms with E-state index in [0.717, 1.165) is 54.7 Å². The lowest BCUT2D eigenvalue weighted by Gasteiger charge is -2.28. The first-order chi connectivity index (χ1) is 12.9. The molecule has 3 rings (SSSR count). The summed E-state index contributed by atoms with van der Waals surface area (Å²) in [6.45, 7) is 6.18. The van der Waals surface area contributed by atoms with E-state index in [9.17, 15) is 4.79 Å². The van der Waals surface area contributed by atoms with Gasteiger partial charge in [0.2, 0.25) is 5.91 Å². The van der Waals surface area contributed by atoms with Crippen LogP contribution in [-0.4, -0.2) is 12.0 Å². The normalized spacial score (nSPS) is 16.7. The summed E-state index contributed by atoms with van der Waals surface area (Å²) < 4.78 is 5.93. The largest absolute Gasteiger partial charge is 0.490 e. The number of nitrogens with one attached hydrogen (secondary N) is 1. The summed E-state index contributed by atoms with van der Waals surface area (Å²) in [4.78, 5) is 13.3. The summed E-state index contributed by atoms with van der Waals surface area (Å²) >= 11 is 6.04. The highest BCUT2D eigenvalue weighted by atomic mass is 35.5. The maximum Gasteiger partial charge on any atom is 0.235 e. The molecule has 27 heavy (non-hydrogen) atoms. The van der Waals surface area contributed by atoms with E-state index in [0.29, 0.717) is 5.02 Å². The number of carbonyl (C=O) groups is 1. The molecule has 1 saturated carbocycles.